The summed E-state index contributed by atoms with van der Waals surface area (Å²) in [6, 6.07) is 14.5. The van der Waals surface area contributed by atoms with Gasteiger partial charge in [-0.2, -0.15) is 15.0 Å². The summed E-state index contributed by atoms with van der Waals surface area (Å²) < 4.78 is 27.3. The summed E-state index contributed by atoms with van der Waals surface area (Å²) in [6.07, 6.45) is 0. The molecule has 0 unspecified atom stereocenters. The fourth-order valence-electron chi connectivity index (χ4n) is 2.05. The van der Waals surface area contributed by atoms with Gasteiger partial charge < -0.3 is 5.32 Å². The molecule has 2 aromatic carbocycles. The molecule has 0 saturated heterocycles. The number of anilines is 3. The lowest BCUT2D eigenvalue weighted by molar-refractivity contribution is 0.601. The number of sulfonamides is 1. The number of para-hydroxylation sites is 1. The number of azide groups is 1. The monoisotopic (exact) mass is 402 g/mol. The molecule has 0 aliphatic rings. The summed E-state index contributed by atoms with van der Waals surface area (Å²) in [5, 5.41) is 6.09. The van der Waals surface area contributed by atoms with Crippen molar-refractivity contribution >= 4 is 44.9 Å². The molecule has 2 N–H and O–H groups in total. The smallest absolute Gasteiger partial charge is 0.264 e. The first kappa shape index (κ1) is 18.4. The van der Waals surface area contributed by atoms with Crippen molar-refractivity contribution in [1.29, 1.82) is 0 Å². The zero-order valence-electron chi connectivity index (χ0n) is 13.5. The Morgan fingerprint density at radius 3 is 2.48 bits per heavy atom. The quantitative estimate of drug-likeness (QED) is 0.361. The predicted molar refractivity (Wildman–Crippen MR) is 101 cm³/mol. The molecule has 3 aromatic rings. The lowest BCUT2D eigenvalue weighted by Gasteiger charge is -2.09. The fourth-order valence-corrected chi connectivity index (χ4v) is 3.19. The van der Waals surface area contributed by atoms with Gasteiger partial charge >= 0.3 is 0 Å². The average molecular weight is 403 g/mol. The number of aromatic nitrogens is 3. The van der Waals surface area contributed by atoms with E-state index in [4.69, 9.17) is 17.1 Å². The van der Waals surface area contributed by atoms with E-state index >= 15 is 0 Å². The van der Waals surface area contributed by atoms with Gasteiger partial charge in [-0.05, 0) is 41.4 Å². The number of halogens is 1. The first-order valence-corrected chi connectivity index (χ1v) is 9.24. The van der Waals surface area contributed by atoms with Crippen molar-refractivity contribution in [2.75, 3.05) is 10.0 Å². The van der Waals surface area contributed by atoms with Crippen LogP contribution < -0.4 is 10.0 Å². The molecule has 0 radical (unpaired) electrons. The third-order valence-corrected chi connectivity index (χ3v) is 4.65. The Hall–Kier alpha value is -3.40. The Labute approximate surface area is 159 Å². The molecule has 1 heterocycles. The van der Waals surface area contributed by atoms with Crippen molar-refractivity contribution in [2.24, 2.45) is 5.11 Å². The molecule has 1 aromatic heterocycles. The molecule has 12 heteroatoms. The number of hydrogen-bond donors (Lipinski definition) is 2. The molecule has 10 nitrogen and oxygen atoms in total. The van der Waals surface area contributed by atoms with Crippen LogP contribution in [0.1, 0.15) is 0 Å². The van der Waals surface area contributed by atoms with E-state index < -0.39 is 10.0 Å². The van der Waals surface area contributed by atoms with Gasteiger partial charge in [0.25, 0.3) is 10.0 Å². The molecule has 0 amide bonds. The van der Waals surface area contributed by atoms with Gasteiger partial charge in [-0.3, -0.25) is 0 Å². The first-order chi connectivity index (χ1) is 13.0. The molecule has 0 atom stereocenters. The molecule has 0 saturated carbocycles. The van der Waals surface area contributed by atoms with Crippen molar-refractivity contribution in [3.63, 3.8) is 0 Å². The molecular formula is C15H11ClN8O2S. The van der Waals surface area contributed by atoms with Crippen molar-refractivity contribution < 1.29 is 8.42 Å². The van der Waals surface area contributed by atoms with E-state index in [1.807, 2.05) is 18.2 Å². The van der Waals surface area contributed by atoms with E-state index in [2.05, 4.69) is 35.0 Å². The standard InChI is InChI=1S/C15H11ClN8O2S/c16-13-19-14(18-10-5-2-1-3-6-10)21-15(20-13)23-27(25,26)12-8-4-7-11(9-12)22-24-17/h1-9H,(H2,18,19,20,21,23). The highest BCUT2D eigenvalue weighted by Gasteiger charge is 2.17. The topological polar surface area (TPSA) is 146 Å². The molecule has 3 rings (SSSR count). The Morgan fingerprint density at radius 1 is 1.00 bits per heavy atom. The number of nitrogens with zero attached hydrogens (tertiary/aromatic N) is 6. The van der Waals surface area contributed by atoms with E-state index in [9.17, 15) is 8.42 Å². The maximum Gasteiger partial charge on any atom is 0.264 e. The minimum Gasteiger partial charge on any atom is -0.324 e. The number of nitrogens with one attached hydrogen (secondary N) is 2. The first-order valence-electron chi connectivity index (χ1n) is 7.38. The van der Waals surface area contributed by atoms with Crippen LogP contribution in [-0.2, 0) is 10.0 Å². The molecule has 27 heavy (non-hydrogen) atoms. The van der Waals surface area contributed by atoms with Gasteiger partial charge in [-0.1, -0.05) is 35.4 Å². The van der Waals surface area contributed by atoms with Crippen LogP contribution in [0.2, 0.25) is 5.28 Å². The van der Waals surface area contributed by atoms with Crippen LogP contribution in [-0.4, -0.2) is 23.4 Å². The molecule has 0 fully saturated rings. The van der Waals surface area contributed by atoms with Gasteiger partial charge in [0.05, 0.1) is 4.90 Å². The summed E-state index contributed by atoms with van der Waals surface area (Å²) in [5.74, 6) is -0.190. The molecule has 0 spiro atoms. The van der Waals surface area contributed by atoms with Gasteiger partial charge in [-0.25, -0.2) is 13.1 Å². The van der Waals surface area contributed by atoms with Gasteiger partial charge in [0.2, 0.25) is 17.2 Å². The van der Waals surface area contributed by atoms with E-state index in [0.29, 0.717) is 5.69 Å². The molecule has 136 valence electrons. The van der Waals surface area contributed by atoms with Crippen molar-refractivity contribution in [2.45, 2.75) is 4.90 Å². The van der Waals surface area contributed by atoms with Crippen LogP contribution in [0.3, 0.4) is 0 Å². The highest BCUT2D eigenvalue weighted by molar-refractivity contribution is 7.92. The normalized spacial score (nSPS) is 10.7. The van der Waals surface area contributed by atoms with Crippen LogP contribution >= 0.6 is 11.6 Å². The fraction of sp³-hybridized carbons (Fsp3) is 0. The van der Waals surface area contributed by atoms with E-state index in [-0.39, 0.29) is 27.8 Å². The second-order valence-electron chi connectivity index (χ2n) is 5.03. The third-order valence-electron chi connectivity index (χ3n) is 3.15. The largest absolute Gasteiger partial charge is 0.324 e. The van der Waals surface area contributed by atoms with Crippen molar-refractivity contribution in [3.8, 4) is 0 Å². The van der Waals surface area contributed by atoms with Crippen molar-refractivity contribution in [1.82, 2.24) is 15.0 Å². The van der Waals surface area contributed by atoms with E-state index in [1.165, 1.54) is 24.3 Å². The highest BCUT2D eigenvalue weighted by atomic mass is 35.5. The zero-order valence-corrected chi connectivity index (χ0v) is 15.1. The second-order valence-corrected chi connectivity index (χ2v) is 7.06. The van der Waals surface area contributed by atoms with Crippen LogP contribution in [0, 0.1) is 0 Å². The number of benzene rings is 2. The minimum absolute atomic E-state index is 0.0710. The Kier molecular flexibility index (Phi) is 5.36. The molecule has 0 bridgehead atoms. The Bertz CT molecular complexity index is 1120. The second kappa shape index (κ2) is 7.87. The van der Waals surface area contributed by atoms with Crippen molar-refractivity contribution in [3.05, 3.63) is 70.3 Å². The lowest BCUT2D eigenvalue weighted by Crippen LogP contribution is -2.16. The van der Waals surface area contributed by atoms with E-state index in [1.54, 1.807) is 12.1 Å². The average Bonchev–Trinajstić information content (AvgIpc) is 2.62. The summed E-state index contributed by atoms with van der Waals surface area (Å²) in [5.41, 5.74) is 9.32. The number of rotatable bonds is 6. The predicted octanol–water partition coefficient (Wildman–Crippen LogP) is 4.01. The Morgan fingerprint density at radius 2 is 1.74 bits per heavy atom. The van der Waals surface area contributed by atoms with Crippen LogP contribution in [0.5, 0.6) is 0 Å². The molecule has 0 aliphatic heterocycles. The molecule has 0 aliphatic carbocycles. The lowest BCUT2D eigenvalue weighted by atomic mass is 10.3. The Balaban J connectivity index is 1.88. The van der Waals surface area contributed by atoms with Crippen LogP contribution in [0.25, 0.3) is 10.4 Å². The molecular weight excluding hydrogens is 392 g/mol. The third kappa shape index (κ3) is 4.82. The maximum atomic E-state index is 12.5. The summed E-state index contributed by atoms with van der Waals surface area (Å²) in [7, 11) is -4.03. The maximum absolute atomic E-state index is 12.5. The number of hydrogen-bond acceptors (Lipinski definition) is 7. The SMILES string of the molecule is [N-]=[N+]=Nc1cccc(S(=O)(=O)Nc2nc(Cl)nc(Nc3ccccc3)n2)c1. The summed E-state index contributed by atoms with van der Waals surface area (Å²) in [6.45, 7) is 0. The highest BCUT2D eigenvalue weighted by Crippen LogP contribution is 2.21. The minimum atomic E-state index is -4.03. The zero-order chi connectivity index (χ0) is 19.3. The van der Waals surface area contributed by atoms with Gasteiger partial charge in [0.15, 0.2) is 0 Å². The summed E-state index contributed by atoms with van der Waals surface area (Å²) >= 11 is 5.87. The summed E-state index contributed by atoms with van der Waals surface area (Å²) in [4.78, 5) is 14.2. The van der Waals surface area contributed by atoms with Crippen LogP contribution in [0.15, 0.2) is 64.6 Å². The van der Waals surface area contributed by atoms with Gasteiger partial charge in [0.1, 0.15) is 0 Å². The van der Waals surface area contributed by atoms with Gasteiger partial charge in [0, 0.05) is 16.3 Å². The van der Waals surface area contributed by atoms with Gasteiger partial charge in [-0.15, -0.1) is 0 Å². The van der Waals surface area contributed by atoms with E-state index in [0.717, 1.165) is 0 Å². The van der Waals surface area contributed by atoms with Crippen LogP contribution in [0.4, 0.5) is 23.3 Å².